The lowest BCUT2D eigenvalue weighted by Crippen LogP contribution is -2.08. The van der Waals surface area contributed by atoms with Crippen molar-refractivity contribution in [1.29, 1.82) is 0 Å². The molecule has 2 nitrogen and oxygen atoms in total. The van der Waals surface area contributed by atoms with Gasteiger partial charge < -0.3 is 0 Å². The van der Waals surface area contributed by atoms with Crippen LogP contribution in [0.2, 0.25) is 0 Å². The highest BCUT2D eigenvalue weighted by molar-refractivity contribution is 5.27. The summed E-state index contributed by atoms with van der Waals surface area (Å²) in [7, 11) is 0. The van der Waals surface area contributed by atoms with Gasteiger partial charge >= 0.3 is 0 Å². The number of hydrogen-bond acceptors (Lipinski definition) is 1. The van der Waals surface area contributed by atoms with Crippen LogP contribution in [-0.4, -0.2) is 9.78 Å². The van der Waals surface area contributed by atoms with Crippen LogP contribution in [0.3, 0.4) is 0 Å². The van der Waals surface area contributed by atoms with Gasteiger partial charge in [-0.05, 0) is 48.8 Å². The normalized spacial score (nSPS) is 11.3. The zero-order valence-corrected chi connectivity index (χ0v) is 16.2. The van der Waals surface area contributed by atoms with Crippen molar-refractivity contribution in [1.82, 2.24) is 9.78 Å². The van der Waals surface area contributed by atoms with E-state index in [9.17, 15) is 0 Å². The molecule has 2 rings (SSSR count). The van der Waals surface area contributed by atoms with Gasteiger partial charge in [0.2, 0.25) is 0 Å². The minimum atomic E-state index is 0.474. The monoisotopic (exact) mass is 314 g/mol. The summed E-state index contributed by atoms with van der Waals surface area (Å²) in [5.74, 6) is 1.85. The lowest BCUT2D eigenvalue weighted by atomic mass is 9.96. The first-order valence-corrected chi connectivity index (χ1v) is 8.87. The molecular formula is C21H34N2. The third kappa shape index (κ3) is 5.85. The molecule has 1 aromatic heterocycles. The average molecular weight is 315 g/mol. The second kappa shape index (κ2) is 8.90. The molecule has 1 aromatic carbocycles. The topological polar surface area (TPSA) is 17.8 Å². The zero-order chi connectivity index (χ0) is 17.6. The molecule has 23 heavy (non-hydrogen) atoms. The van der Waals surface area contributed by atoms with E-state index in [2.05, 4.69) is 95.5 Å². The van der Waals surface area contributed by atoms with E-state index in [1.165, 1.54) is 16.8 Å². The Labute approximate surface area is 142 Å². The van der Waals surface area contributed by atoms with E-state index in [-0.39, 0.29) is 0 Å². The van der Waals surface area contributed by atoms with Gasteiger partial charge in [0.1, 0.15) is 0 Å². The predicted octanol–water partition coefficient (Wildman–Crippen LogP) is 6.52. The molecule has 0 amide bonds. The fourth-order valence-corrected chi connectivity index (χ4v) is 2.49. The SMILES string of the molecule is CC(C)c1cccc(C(C)C)c1.CC(C)c1ccnn1C(C)C. The van der Waals surface area contributed by atoms with Crippen LogP contribution in [0, 0.1) is 0 Å². The first-order chi connectivity index (χ1) is 10.7. The van der Waals surface area contributed by atoms with Crippen LogP contribution in [0.15, 0.2) is 36.5 Å². The molecule has 0 aliphatic carbocycles. The maximum atomic E-state index is 4.25. The minimum absolute atomic E-state index is 0.474. The molecule has 0 bridgehead atoms. The Morgan fingerprint density at radius 2 is 1.26 bits per heavy atom. The quantitative estimate of drug-likeness (QED) is 0.628. The summed E-state index contributed by atoms with van der Waals surface area (Å²) in [6.07, 6.45) is 1.87. The van der Waals surface area contributed by atoms with Crippen molar-refractivity contribution in [2.45, 2.75) is 79.2 Å². The highest BCUT2D eigenvalue weighted by Gasteiger charge is 2.08. The summed E-state index contributed by atoms with van der Waals surface area (Å²) < 4.78 is 2.07. The largest absolute Gasteiger partial charge is 0.267 e. The summed E-state index contributed by atoms with van der Waals surface area (Å²) in [5, 5.41) is 4.25. The third-order valence-corrected chi connectivity index (χ3v) is 4.03. The van der Waals surface area contributed by atoms with Crippen LogP contribution >= 0.6 is 0 Å². The fourth-order valence-electron chi connectivity index (χ4n) is 2.49. The van der Waals surface area contributed by atoms with Gasteiger partial charge in [0.25, 0.3) is 0 Å². The van der Waals surface area contributed by atoms with E-state index >= 15 is 0 Å². The summed E-state index contributed by atoms with van der Waals surface area (Å²) in [5.41, 5.74) is 4.21. The van der Waals surface area contributed by atoms with Crippen LogP contribution in [0.25, 0.3) is 0 Å². The summed E-state index contributed by atoms with van der Waals surface area (Å²) in [4.78, 5) is 0. The molecule has 128 valence electrons. The zero-order valence-electron chi connectivity index (χ0n) is 16.2. The van der Waals surface area contributed by atoms with Crippen molar-refractivity contribution in [3.63, 3.8) is 0 Å². The van der Waals surface area contributed by atoms with Crippen LogP contribution in [0.4, 0.5) is 0 Å². The fraction of sp³-hybridized carbons (Fsp3) is 0.571. The first kappa shape index (κ1) is 19.5. The highest BCUT2D eigenvalue weighted by Crippen LogP contribution is 2.20. The van der Waals surface area contributed by atoms with Gasteiger partial charge in [0.05, 0.1) is 0 Å². The van der Waals surface area contributed by atoms with Gasteiger partial charge in [-0.25, -0.2) is 0 Å². The molecule has 0 aliphatic rings. The van der Waals surface area contributed by atoms with Gasteiger partial charge in [0.15, 0.2) is 0 Å². The maximum Gasteiger partial charge on any atom is 0.0492 e. The van der Waals surface area contributed by atoms with E-state index in [1.807, 2.05) is 6.20 Å². The molecule has 1 heterocycles. The van der Waals surface area contributed by atoms with E-state index in [1.54, 1.807) is 0 Å². The maximum absolute atomic E-state index is 4.25. The van der Waals surface area contributed by atoms with Crippen LogP contribution < -0.4 is 0 Å². The lowest BCUT2D eigenvalue weighted by Gasteiger charge is -2.12. The summed E-state index contributed by atoms with van der Waals surface area (Å²) in [6, 6.07) is 11.4. The second-order valence-corrected chi connectivity index (χ2v) is 7.43. The molecule has 0 N–H and O–H groups in total. The molecule has 0 saturated carbocycles. The van der Waals surface area contributed by atoms with Crippen molar-refractivity contribution >= 4 is 0 Å². The molecule has 0 radical (unpaired) electrons. The Morgan fingerprint density at radius 1 is 0.739 bits per heavy atom. The lowest BCUT2D eigenvalue weighted by molar-refractivity contribution is 0.498. The first-order valence-electron chi connectivity index (χ1n) is 8.87. The Kier molecular flexibility index (Phi) is 7.54. The number of aromatic nitrogens is 2. The van der Waals surface area contributed by atoms with Crippen molar-refractivity contribution in [3.05, 3.63) is 53.3 Å². The molecule has 0 saturated heterocycles. The van der Waals surface area contributed by atoms with Gasteiger partial charge in [-0.15, -0.1) is 0 Å². The molecule has 2 heteroatoms. The van der Waals surface area contributed by atoms with Crippen LogP contribution in [-0.2, 0) is 0 Å². The van der Waals surface area contributed by atoms with Gasteiger partial charge in [-0.2, -0.15) is 5.10 Å². The second-order valence-electron chi connectivity index (χ2n) is 7.43. The molecule has 0 unspecified atom stereocenters. The summed E-state index contributed by atoms with van der Waals surface area (Å²) in [6.45, 7) is 17.6. The Bertz CT molecular complexity index is 531. The smallest absolute Gasteiger partial charge is 0.0492 e. The molecule has 0 aliphatic heterocycles. The van der Waals surface area contributed by atoms with E-state index in [0.29, 0.717) is 23.8 Å². The van der Waals surface area contributed by atoms with Crippen molar-refractivity contribution in [2.24, 2.45) is 0 Å². The van der Waals surface area contributed by atoms with Crippen LogP contribution in [0.1, 0.15) is 96.0 Å². The standard InChI is InChI=1S/C12H18.C9H16N2/c1-9(2)11-6-5-7-12(8-11)10(3)4;1-7(2)9-5-6-10-11(9)8(3)4/h5-10H,1-4H3;5-8H,1-4H3. The Balaban J connectivity index is 0.000000231. The van der Waals surface area contributed by atoms with E-state index in [4.69, 9.17) is 0 Å². The van der Waals surface area contributed by atoms with Gasteiger partial charge in [0, 0.05) is 17.9 Å². The number of nitrogens with zero attached hydrogens (tertiary/aromatic N) is 2. The predicted molar refractivity (Wildman–Crippen MR) is 101 cm³/mol. The van der Waals surface area contributed by atoms with Gasteiger partial charge in [-0.1, -0.05) is 65.8 Å². The molecule has 2 aromatic rings. The molecule has 0 atom stereocenters. The van der Waals surface area contributed by atoms with Gasteiger partial charge in [-0.3, -0.25) is 4.68 Å². The van der Waals surface area contributed by atoms with Crippen molar-refractivity contribution in [3.8, 4) is 0 Å². The Hall–Kier alpha value is -1.57. The number of hydrogen-bond donors (Lipinski definition) is 0. The van der Waals surface area contributed by atoms with Crippen molar-refractivity contribution < 1.29 is 0 Å². The number of benzene rings is 1. The molecular weight excluding hydrogens is 280 g/mol. The minimum Gasteiger partial charge on any atom is -0.267 e. The highest BCUT2D eigenvalue weighted by atomic mass is 15.3. The van der Waals surface area contributed by atoms with Crippen LogP contribution in [0.5, 0.6) is 0 Å². The molecule has 0 fully saturated rings. The molecule has 0 spiro atoms. The Morgan fingerprint density at radius 3 is 1.61 bits per heavy atom. The van der Waals surface area contributed by atoms with Crippen molar-refractivity contribution in [2.75, 3.05) is 0 Å². The van der Waals surface area contributed by atoms with E-state index < -0.39 is 0 Å². The average Bonchev–Trinajstić information content (AvgIpc) is 2.98. The third-order valence-electron chi connectivity index (χ3n) is 4.03. The summed E-state index contributed by atoms with van der Waals surface area (Å²) >= 11 is 0. The van der Waals surface area contributed by atoms with E-state index in [0.717, 1.165) is 0 Å². The number of rotatable bonds is 4.